The fourth-order valence-corrected chi connectivity index (χ4v) is 4.85. The molecule has 2 heterocycles. The number of carboxylic acids is 1. The number of carbonyl (C=O) groups excluding carboxylic acids is 1. The van der Waals surface area contributed by atoms with Gasteiger partial charge in [0.2, 0.25) is 0 Å². The third-order valence-corrected chi connectivity index (χ3v) is 6.87. The summed E-state index contributed by atoms with van der Waals surface area (Å²) < 4.78 is 27.6. The van der Waals surface area contributed by atoms with Crippen LogP contribution in [-0.2, 0) is 15.3 Å². The number of nitrogens with zero attached hydrogens (tertiary/aromatic N) is 3. The second kappa shape index (κ2) is 10.8. The van der Waals surface area contributed by atoms with Crippen LogP contribution < -0.4 is 20.6 Å². The molecule has 1 aromatic heterocycles. The Balaban J connectivity index is 2.15. The number of benzene rings is 2. The fraction of sp³-hybridized carbons (Fsp3) is 0.370. The fourth-order valence-electron chi connectivity index (χ4n) is 4.85. The number of carboxylic acid groups (broad SMARTS) is 1. The lowest BCUT2D eigenvalue weighted by Crippen LogP contribution is -2.67. The lowest BCUT2D eigenvalue weighted by Gasteiger charge is -2.44. The molecule has 0 aliphatic carbocycles. The van der Waals surface area contributed by atoms with Crippen molar-refractivity contribution in [2.24, 2.45) is 5.73 Å². The third kappa shape index (κ3) is 4.48. The summed E-state index contributed by atoms with van der Waals surface area (Å²) in [6.45, 7) is 3.42. The molecule has 2 aromatic carbocycles. The van der Waals surface area contributed by atoms with Crippen LogP contribution in [0.25, 0.3) is 22.0 Å². The van der Waals surface area contributed by atoms with E-state index in [1.807, 2.05) is 18.9 Å². The van der Waals surface area contributed by atoms with E-state index in [0.717, 1.165) is 10.6 Å². The Labute approximate surface area is 219 Å². The normalized spacial score (nSPS) is 16.2. The van der Waals surface area contributed by atoms with Gasteiger partial charge in [-0.3, -0.25) is 14.5 Å². The summed E-state index contributed by atoms with van der Waals surface area (Å²) in [5.41, 5.74) is 2.97. The minimum atomic E-state index is -2.47. The molecule has 10 nitrogen and oxygen atoms in total. The molecule has 38 heavy (non-hydrogen) atoms. The van der Waals surface area contributed by atoms with E-state index < -0.39 is 34.2 Å². The van der Waals surface area contributed by atoms with Gasteiger partial charge in [0.05, 0.1) is 19.1 Å². The molecule has 0 radical (unpaired) electrons. The number of piperazine rings is 1. The van der Waals surface area contributed by atoms with Crippen LogP contribution in [-0.4, -0.2) is 78.3 Å². The van der Waals surface area contributed by atoms with Crippen LogP contribution in [0.3, 0.4) is 0 Å². The number of aliphatic carboxylic acids is 1. The highest BCUT2D eigenvalue weighted by Crippen LogP contribution is 2.36. The standard InChI is InChI=1S/C27H31FN4O6/c1-4-15-38-21-10-9-20(28)22-23(21)32(16-19(24(22)33)17-5-7-18(37-3)8-6-17)27(25(29)34,26(35)36)31-13-11-30(2)12-14-31/h5-10,16H,4,11-15H2,1-3H3,(H2,29,34)(H,35,36). The predicted octanol–water partition coefficient (Wildman–Crippen LogP) is 2.08. The van der Waals surface area contributed by atoms with Gasteiger partial charge in [-0.25, -0.2) is 9.18 Å². The number of methoxy groups -OCH3 is 1. The van der Waals surface area contributed by atoms with E-state index in [1.165, 1.54) is 24.3 Å². The van der Waals surface area contributed by atoms with Crippen molar-refractivity contribution in [2.75, 3.05) is 46.9 Å². The van der Waals surface area contributed by atoms with Crippen molar-refractivity contribution in [2.45, 2.75) is 19.0 Å². The summed E-state index contributed by atoms with van der Waals surface area (Å²) in [5.74, 6) is -3.00. The predicted molar refractivity (Wildman–Crippen MR) is 140 cm³/mol. The minimum Gasteiger partial charge on any atom is -0.497 e. The van der Waals surface area contributed by atoms with Crippen LogP contribution in [0, 0.1) is 5.82 Å². The van der Waals surface area contributed by atoms with E-state index >= 15 is 4.39 Å². The first kappa shape index (κ1) is 27.1. The highest BCUT2D eigenvalue weighted by atomic mass is 19.1. The number of nitrogens with two attached hydrogens (primary N) is 1. The smallest absolute Gasteiger partial charge is 0.355 e. The van der Waals surface area contributed by atoms with Crippen LogP contribution in [0.1, 0.15) is 13.3 Å². The molecule has 1 unspecified atom stereocenters. The maximum atomic E-state index is 15.5. The van der Waals surface area contributed by atoms with E-state index in [-0.39, 0.29) is 36.5 Å². The molecule has 1 aliphatic rings. The van der Waals surface area contributed by atoms with Crippen LogP contribution in [0.15, 0.2) is 47.4 Å². The van der Waals surface area contributed by atoms with Crippen molar-refractivity contribution < 1.29 is 28.6 Å². The summed E-state index contributed by atoms with van der Waals surface area (Å²) in [5, 5.41) is 10.3. The number of amides is 1. The first-order valence-corrected chi connectivity index (χ1v) is 12.3. The van der Waals surface area contributed by atoms with Crippen molar-refractivity contribution in [3.8, 4) is 22.6 Å². The van der Waals surface area contributed by atoms with E-state index in [4.69, 9.17) is 15.2 Å². The monoisotopic (exact) mass is 526 g/mol. The zero-order valence-electron chi connectivity index (χ0n) is 21.6. The van der Waals surface area contributed by atoms with Gasteiger partial charge in [-0.2, -0.15) is 0 Å². The molecule has 1 aliphatic heterocycles. The van der Waals surface area contributed by atoms with Gasteiger partial charge in [0.1, 0.15) is 22.8 Å². The van der Waals surface area contributed by atoms with Gasteiger partial charge in [0, 0.05) is 37.9 Å². The van der Waals surface area contributed by atoms with Gasteiger partial charge in [0.25, 0.3) is 11.6 Å². The lowest BCUT2D eigenvalue weighted by molar-refractivity contribution is -0.168. The van der Waals surface area contributed by atoms with Crippen LogP contribution in [0.5, 0.6) is 11.5 Å². The van der Waals surface area contributed by atoms with Gasteiger partial charge in [-0.05, 0) is 43.3 Å². The molecule has 3 N–H and O–H groups in total. The van der Waals surface area contributed by atoms with Gasteiger partial charge < -0.3 is 29.8 Å². The van der Waals surface area contributed by atoms with Crippen molar-refractivity contribution in [1.82, 2.24) is 14.4 Å². The van der Waals surface area contributed by atoms with Crippen molar-refractivity contribution in [3.63, 3.8) is 0 Å². The van der Waals surface area contributed by atoms with Gasteiger partial charge in [-0.15, -0.1) is 0 Å². The molecule has 1 atom stereocenters. The van der Waals surface area contributed by atoms with E-state index in [2.05, 4.69) is 0 Å². The van der Waals surface area contributed by atoms with Crippen LogP contribution in [0.4, 0.5) is 4.39 Å². The second-order valence-corrected chi connectivity index (χ2v) is 9.22. The number of carbonyl (C=O) groups is 2. The Kier molecular flexibility index (Phi) is 7.70. The van der Waals surface area contributed by atoms with Gasteiger partial charge >= 0.3 is 5.97 Å². The number of hydrogen-bond acceptors (Lipinski definition) is 7. The van der Waals surface area contributed by atoms with E-state index in [9.17, 15) is 19.5 Å². The third-order valence-electron chi connectivity index (χ3n) is 6.87. The Bertz CT molecular complexity index is 1400. The molecule has 1 saturated heterocycles. The number of primary amides is 1. The number of likely N-dealkylation sites (N-methyl/N-ethyl adjacent to an activating group) is 1. The quantitative estimate of drug-likeness (QED) is 0.406. The molecule has 0 saturated carbocycles. The summed E-state index contributed by atoms with van der Waals surface area (Å²) in [4.78, 5) is 43.5. The molecular formula is C27H31FN4O6. The van der Waals surface area contributed by atoms with Gasteiger partial charge in [0.15, 0.2) is 5.43 Å². The maximum absolute atomic E-state index is 15.5. The molecule has 3 aromatic rings. The van der Waals surface area contributed by atoms with Crippen molar-refractivity contribution in [1.29, 1.82) is 0 Å². The number of aromatic nitrogens is 1. The zero-order valence-corrected chi connectivity index (χ0v) is 21.6. The highest BCUT2D eigenvalue weighted by molar-refractivity contribution is 6.05. The largest absolute Gasteiger partial charge is 0.497 e. The number of hydrogen-bond donors (Lipinski definition) is 2. The molecule has 4 rings (SSSR count). The minimum absolute atomic E-state index is 0.00676. The topological polar surface area (TPSA) is 127 Å². The van der Waals surface area contributed by atoms with Crippen LogP contribution in [0.2, 0.25) is 0 Å². The zero-order chi connectivity index (χ0) is 27.6. The molecule has 0 bridgehead atoms. The number of halogens is 1. The molecule has 11 heteroatoms. The molecule has 1 amide bonds. The Morgan fingerprint density at radius 3 is 2.32 bits per heavy atom. The first-order chi connectivity index (χ1) is 18.2. The molecule has 202 valence electrons. The number of fused-ring (bicyclic) bond motifs is 1. The summed E-state index contributed by atoms with van der Waals surface area (Å²) in [7, 11) is 3.38. The Morgan fingerprint density at radius 1 is 1.11 bits per heavy atom. The Hall–Kier alpha value is -3.96. The average Bonchev–Trinajstić information content (AvgIpc) is 2.90. The molecule has 0 spiro atoms. The van der Waals surface area contributed by atoms with E-state index in [0.29, 0.717) is 30.8 Å². The second-order valence-electron chi connectivity index (χ2n) is 9.22. The van der Waals surface area contributed by atoms with E-state index in [1.54, 1.807) is 24.3 Å². The number of rotatable bonds is 9. The molecular weight excluding hydrogens is 495 g/mol. The molecule has 1 fully saturated rings. The Morgan fingerprint density at radius 2 is 1.76 bits per heavy atom. The first-order valence-electron chi connectivity index (χ1n) is 12.3. The summed E-state index contributed by atoms with van der Waals surface area (Å²) in [6.07, 6.45) is 1.87. The summed E-state index contributed by atoms with van der Waals surface area (Å²) in [6, 6.07) is 8.87. The number of pyridine rings is 1. The van der Waals surface area contributed by atoms with Crippen molar-refractivity contribution in [3.05, 3.63) is 58.6 Å². The maximum Gasteiger partial charge on any atom is 0.355 e. The highest BCUT2D eigenvalue weighted by Gasteiger charge is 2.53. The average molecular weight is 527 g/mol. The summed E-state index contributed by atoms with van der Waals surface area (Å²) >= 11 is 0. The van der Waals surface area contributed by atoms with Gasteiger partial charge in [-0.1, -0.05) is 19.1 Å². The van der Waals surface area contributed by atoms with Crippen LogP contribution >= 0.6 is 0 Å². The number of ether oxygens (including phenoxy) is 2. The van der Waals surface area contributed by atoms with Crippen molar-refractivity contribution >= 4 is 22.8 Å². The SMILES string of the molecule is CCCOc1ccc(F)c2c(=O)c(-c3ccc(OC)cc3)cn(C(C(N)=O)(C(=O)O)N3CCN(C)CC3)c12. The lowest BCUT2D eigenvalue weighted by atomic mass is 9.99.